The fraction of sp³-hybridized carbons (Fsp3) is 0.562. The molecular formula is C16H24N4O4S. The van der Waals surface area contributed by atoms with E-state index in [1.807, 2.05) is 19.0 Å². The topological polar surface area (TPSA) is 108 Å². The van der Waals surface area contributed by atoms with Crippen LogP contribution in [0.4, 0.5) is 0 Å². The molecule has 1 aliphatic rings. The Labute approximate surface area is 147 Å². The van der Waals surface area contributed by atoms with Gasteiger partial charge in [0.05, 0.1) is 22.6 Å². The van der Waals surface area contributed by atoms with E-state index in [2.05, 4.69) is 15.6 Å². The molecule has 138 valence electrons. The fourth-order valence-corrected chi connectivity index (χ4v) is 4.24. The van der Waals surface area contributed by atoms with Crippen molar-refractivity contribution in [2.24, 2.45) is 0 Å². The van der Waals surface area contributed by atoms with Crippen LogP contribution in [-0.4, -0.2) is 74.8 Å². The Bertz CT molecular complexity index is 733. The average molecular weight is 368 g/mol. The smallest absolute Gasteiger partial charge is 0.253 e. The number of nitrogens with zero attached hydrogens (tertiary/aromatic N) is 2. The molecule has 0 radical (unpaired) electrons. The summed E-state index contributed by atoms with van der Waals surface area (Å²) in [5.74, 6) is -0.662. The number of sulfone groups is 1. The van der Waals surface area contributed by atoms with Crippen LogP contribution in [0, 0.1) is 0 Å². The van der Waals surface area contributed by atoms with E-state index in [1.165, 1.54) is 18.5 Å². The third-order valence-corrected chi connectivity index (χ3v) is 5.67. The number of carbonyl (C=O) groups is 2. The number of carbonyl (C=O) groups excluding carboxylic acids is 2. The SMILES string of the molecule is CN(C)CCCNC(=O)c1cncc(C(=O)NC2CCS(=O)(=O)C2)c1. The molecule has 1 aromatic rings. The lowest BCUT2D eigenvalue weighted by molar-refractivity contribution is 0.0940. The number of pyridine rings is 1. The van der Waals surface area contributed by atoms with Gasteiger partial charge in [0.15, 0.2) is 9.84 Å². The van der Waals surface area contributed by atoms with E-state index in [0.29, 0.717) is 18.5 Å². The van der Waals surface area contributed by atoms with Gasteiger partial charge in [-0.2, -0.15) is 0 Å². The summed E-state index contributed by atoms with van der Waals surface area (Å²) in [4.78, 5) is 30.3. The van der Waals surface area contributed by atoms with E-state index in [1.54, 1.807) is 0 Å². The second-order valence-electron chi connectivity index (χ2n) is 6.45. The Morgan fingerprint density at radius 2 is 1.92 bits per heavy atom. The Hall–Kier alpha value is -2.00. The van der Waals surface area contributed by atoms with Crippen molar-refractivity contribution in [3.8, 4) is 0 Å². The molecule has 0 spiro atoms. The largest absolute Gasteiger partial charge is 0.352 e. The van der Waals surface area contributed by atoms with Gasteiger partial charge in [-0.15, -0.1) is 0 Å². The van der Waals surface area contributed by atoms with Crippen molar-refractivity contribution in [2.45, 2.75) is 18.9 Å². The number of nitrogens with one attached hydrogen (secondary N) is 2. The molecule has 0 aromatic carbocycles. The highest BCUT2D eigenvalue weighted by molar-refractivity contribution is 7.91. The van der Waals surface area contributed by atoms with Crippen LogP contribution >= 0.6 is 0 Å². The van der Waals surface area contributed by atoms with Gasteiger partial charge in [-0.1, -0.05) is 0 Å². The van der Waals surface area contributed by atoms with Crippen molar-refractivity contribution in [2.75, 3.05) is 38.7 Å². The molecule has 8 nitrogen and oxygen atoms in total. The van der Waals surface area contributed by atoms with Crippen LogP contribution in [0.15, 0.2) is 18.5 Å². The maximum Gasteiger partial charge on any atom is 0.253 e. The first-order chi connectivity index (χ1) is 11.8. The molecule has 2 N–H and O–H groups in total. The predicted octanol–water partition coefficient (Wildman–Crippen LogP) is -0.320. The van der Waals surface area contributed by atoms with Gasteiger partial charge < -0.3 is 15.5 Å². The number of aromatic nitrogens is 1. The Morgan fingerprint density at radius 1 is 1.24 bits per heavy atom. The van der Waals surface area contributed by atoms with Crippen LogP contribution < -0.4 is 10.6 Å². The van der Waals surface area contributed by atoms with Gasteiger partial charge >= 0.3 is 0 Å². The van der Waals surface area contributed by atoms with Crippen LogP contribution in [0.2, 0.25) is 0 Å². The van der Waals surface area contributed by atoms with E-state index in [4.69, 9.17) is 0 Å². The molecule has 0 saturated carbocycles. The first-order valence-electron chi connectivity index (χ1n) is 8.16. The zero-order valence-electron chi connectivity index (χ0n) is 14.5. The minimum Gasteiger partial charge on any atom is -0.352 e. The van der Waals surface area contributed by atoms with Crippen molar-refractivity contribution in [3.63, 3.8) is 0 Å². The third kappa shape index (κ3) is 6.09. The number of amides is 2. The molecule has 2 heterocycles. The molecule has 1 unspecified atom stereocenters. The molecule has 1 atom stereocenters. The van der Waals surface area contributed by atoms with Crippen molar-refractivity contribution < 1.29 is 18.0 Å². The second-order valence-corrected chi connectivity index (χ2v) is 8.68. The van der Waals surface area contributed by atoms with Gasteiger partial charge in [0.25, 0.3) is 11.8 Å². The number of hydrogen-bond donors (Lipinski definition) is 2. The highest BCUT2D eigenvalue weighted by Gasteiger charge is 2.29. The molecule has 9 heteroatoms. The van der Waals surface area contributed by atoms with E-state index in [-0.39, 0.29) is 29.0 Å². The zero-order valence-corrected chi connectivity index (χ0v) is 15.3. The molecule has 1 fully saturated rings. The Morgan fingerprint density at radius 3 is 2.52 bits per heavy atom. The quantitative estimate of drug-likeness (QED) is 0.639. The fourth-order valence-electron chi connectivity index (χ4n) is 2.57. The molecule has 1 aromatic heterocycles. The minimum absolute atomic E-state index is 0.0434. The summed E-state index contributed by atoms with van der Waals surface area (Å²) in [5, 5.41) is 5.47. The third-order valence-electron chi connectivity index (χ3n) is 3.90. The Kier molecular flexibility index (Phi) is 6.49. The summed E-state index contributed by atoms with van der Waals surface area (Å²) in [5.41, 5.74) is 0.543. The Balaban J connectivity index is 1.91. The van der Waals surface area contributed by atoms with Gasteiger partial charge in [-0.05, 0) is 39.5 Å². The number of rotatable bonds is 7. The van der Waals surface area contributed by atoms with Gasteiger partial charge in [-0.25, -0.2) is 8.42 Å². The summed E-state index contributed by atoms with van der Waals surface area (Å²) in [6.45, 7) is 1.40. The van der Waals surface area contributed by atoms with Gasteiger partial charge in [0.2, 0.25) is 0 Å². The number of hydrogen-bond acceptors (Lipinski definition) is 6. The molecule has 1 aliphatic heterocycles. The van der Waals surface area contributed by atoms with Crippen LogP contribution in [-0.2, 0) is 9.84 Å². The second kappa shape index (κ2) is 8.39. The maximum absolute atomic E-state index is 12.2. The lowest BCUT2D eigenvalue weighted by Crippen LogP contribution is -2.35. The highest BCUT2D eigenvalue weighted by atomic mass is 32.2. The van der Waals surface area contributed by atoms with Crippen LogP contribution in [0.25, 0.3) is 0 Å². The van der Waals surface area contributed by atoms with Gasteiger partial charge in [0.1, 0.15) is 0 Å². The first-order valence-corrected chi connectivity index (χ1v) is 9.98. The summed E-state index contributed by atoms with van der Waals surface area (Å²) in [6.07, 6.45) is 4.00. The van der Waals surface area contributed by atoms with Crippen molar-refractivity contribution in [1.29, 1.82) is 0 Å². The van der Waals surface area contributed by atoms with Crippen LogP contribution in [0.3, 0.4) is 0 Å². The summed E-state index contributed by atoms with van der Waals surface area (Å²) in [7, 11) is 0.862. The lowest BCUT2D eigenvalue weighted by atomic mass is 10.1. The van der Waals surface area contributed by atoms with Crippen molar-refractivity contribution in [3.05, 3.63) is 29.6 Å². The van der Waals surface area contributed by atoms with E-state index in [9.17, 15) is 18.0 Å². The summed E-state index contributed by atoms with van der Waals surface area (Å²) >= 11 is 0. The monoisotopic (exact) mass is 368 g/mol. The van der Waals surface area contributed by atoms with Crippen LogP contribution in [0.1, 0.15) is 33.6 Å². The van der Waals surface area contributed by atoms with Crippen molar-refractivity contribution >= 4 is 21.7 Å². The summed E-state index contributed by atoms with van der Waals surface area (Å²) in [6, 6.07) is 1.08. The van der Waals surface area contributed by atoms with Crippen LogP contribution in [0.5, 0.6) is 0 Å². The van der Waals surface area contributed by atoms with Crippen molar-refractivity contribution in [1.82, 2.24) is 20.5 Å². The summed E-state index contributed by atoms with van der Waals surface area (Å²) < 4.78 is 22.9. The van der Waals surface area contributed by atoms with Gasteiger partial charge in [-0.3, -0.25) is 14.6 Å². The molecule has 2 amide bonds. The zero-order chi connectivity index (χ0) is 18.4. The molecular weight excluding hydrogens is 344 g/mol. The maximum atomic E-state index is 12.2. The van der Waals surface area contributed by atoms with E-state index in [0.717, 1.165) is 13.0 Å². The molecule has 2 rings (SSSR count). The van der Waals surface area contributed by atoms with E-state index >= 15 is 0 Å². The predicted molar refractivity (Wildman–Crippen MR) is 94.3 cm³/mol. The first kappa shape index (κ1) is 19.3. The molecule has 0 bridgehead atoms. The lowest BCUT2D eigenvalue weighted by Gasteiger charge is -2.12. The standard InChI is InChI=1S/C16H24N4O4S/c1-20(2)6-3-5-18-15(21)12-8-13(10-17-9-12)16(22)19-14-4-7-25(23,24)11-14/h8-10,14H,3-7,11H2,1-2H3,(H,18,21)(H,19,22). The van der Waals surface area contributed by atoms with E-state index < -0.39 is 15.7 Å². The van der Waals surface area contributed by atoms with Gasteiger partial charge in [0, 0.05) is 25.0 Å². The normalized spacial score (nSPS) is 18.9. The molecule has 0 aliphatic carbocycles. The molecule has 1 saturated heterocycles. The highest BCUT2D eigenvalue weighted by Crippen LogP contribution is 2.12. The minimum atomic E-state index is -3.06. The average Bonchev–Trinajstić information content (AvgIpc) is 2.90. The molecule has 25 heavy (non-hydrogen) atoms.